The zero-order valence-electron chi connectivity index (χ0n) is 11.1. The molecular formula is C16H18N2O. The maximum atomic E-state index is 8.93. The predicted octanol–water partition coefficient (Wildman–Crippen LogP) is 3.90. The molecule has 1 fully saturated rings. The Bertz CT molecular complexity index is 601. The summed E-state index contributed by atoms with van der Waals surface area (Å²) in [6, 6.07) is 8.10. The molecule has 0 amide bonds. The third-order valence-electron chi connectivity index (χ3n) is 3.64. The van der Waals surface area contributed by atoms with E-state index in [1.807, 2.05) is 18.2 Å². The number of nitrogens with one attached hydrogen (secondary N) is 1. The van der Waals surface area contributed by atoms with Crippen molar-refractivity contribution in [1.82, 2.24) is 4.98 Å². The van der Waals surface area contributed by atoms with Crippen molar-refractivity contribution in [1.29, 1.82) is 5.26 Å². The van der Waals surface area contributed by atoms with E-state index in [1.165, 1.54) is 43.6 Å². The van der Waals surface area contributed by atoms with Crippen LogP contribution < -0.4 is 0 Å². The lowest BCUT2D eigenvalue weighted by Crippen LogP contribution is -1.89. The summed E-state index contributed by atoms with van der Waals surface area (Å²) in [5, 5.41) is 10.2. The fourth-order valence-corrected chi connectivity index (χ4v) is 2.79. The van der Waals surface area contributed by atoms with Crippen LogP contribution in [0.2, 0.25) is 0 Å². The number of H-pyrrole nitrogens is 1. The predicted molar refractivity (Wildman–Crippen MR) is 76.0 cm³/mol. The number of hydrogen-bond donors (Lipinski definition) is 1. The Hall–Kier alpha value is -2.08. The average molecular weight is 254 g/mol. The molecular weight excluding hydrogens is 236 g/mol. The van der Waals surface area contributed by atoms with Crippen LogP contribution in [0.1, 0.15) is 49.7 Å². The summed E-state index contributed by atoms with van der Waals surface area (Å²) < 4.78 is 0. The molecule has 3 nitrogen and oxygen atoms in total. The highest BCUT2D eigenvalue weighted by Gasteiger charge is 2.20. The Balaban J connectivity index is 0.000000408. The summed E-state index contributed by atoms with van der Waals surface area (Å²) in [7, 11) is 0. The van der Waals surface area contributed by atoms with Gasteiger partial charge in [-0.05, 0) is 49.4 Å². The van der Waals surface area contributed by atoms with E-state index in [4.69, 9.17) is 10.1 Å². The number of carbonyl (C=O) groups excluding carboxylic acids is 1. The van der Waals surface area contributed by atoms with Gasteiger partial charge in [-0.1, -0.05) is 12.8 Å². The number of rotatable bonds is 1. The number of hydrogen-bond acceptors (Lipinski definition) is 2. The number of aromatic amines is 1. The fourth-order valence-electron chi connectivity index (χ4n) is 2.79. The van der Waals surface area contributed by atoms with Crippen LogP contribution in [-0.4, -0.2) is 11.3 Å². The number of aldehydes is 1. The quantitative estimate of drug-likeness (QED) is 0.784. The van der Waals surface area contributed by atoms with Gasteiger partial charge in [0, 0.05) is 17.1 Å². The van der Waals surface area contributed by atoms with Gasteiger partial charge in [0.1, 0.15) is 6.29 Å². The molecule has 0 unspecified atom stereocenters. The molecule has 1 heterocycles. The Morgan fingerprint density at radius 1 is 1.37 bits per heavy atom. The zero-order valence-corrected chi connectivity index (χ0v) is 11.1. The summed E-state index contributed by atoms with van der Waals surface area (Å²) in [5.41, 5.74) is 3.32. The van der Waals surface area contributed by atoms with Crippen LogP contribution in [0.3, 0.4) is 0 Å². The Morgan fingerprint density at radius 2 is 2.05 bits per heavy atom. The number of aromatic nitrogens is 1. The average Bonchev–Trinajstić information content (AvgIpc) is 3.07. The standard InChI is InChI=1S/C14H14N2.C2H4O/c15-8-10-5-6-14-12(7-10)13(9-16-14)11-3-1-2-4-11;1-2-3/h5-7,9,11,16H,1-4H2;2H,1H3. The number of carbonyl (C=O) groups is 1. The zero-order chi connectivity index (χ0) is 13.7. The van der Waals surface area contributed by atoms with Crippen molar-refractivity contribution in [3.63, 3.8) is 0 Å². The van der Waals surface area contributed by atoms with Crippen LogP contribution in [0.25, 0.3) is 10.9 Å². The molecule has 19 heavy (non-hydrogen) atoms. The second kappa shape index (κ2) is 6.19. The molecule has 1 aliphatic carbocycles. The second-order valence-corrected chi connectivity index (χ2v) is 4.83. The number of nitriles is 1. The van der Waals surface area contributed by atoms with E-state index >= 15 is 0 Å². The molecule has 0 aliphatic heterocycles. The minimum atomic E-state index is 0.697. The maximum Gasteiger partial charge on any atom is 0.116 e. The van der Waals surface area contributed by atoms with Crippen molar-refractivity contribution in [3.8, 4) is 6.07 Å². The molecule has 0 bridgehead atoms. The first-order valence-corrected chi connectivity index (χ1v) is 6.71. The molecule has 98 valence electrons. The van der Waals surface area contributed by atoms with Gasteiger partial charge in [0.15, 0.2) is 0 Å². The van der Waals surface area contributed by atoms with Crippen molar-refractivity contribution >= 4 is 17.2 Å². The highest BCUT2D eigenvalue weighted by molar-refractivity contribution is 5.85. The molecule has 1 aliphatic rings. The van der Waals surface area contributed by atoms with Gasteiger partial charge < -0.3 is 9.78 Å². The Morgan fingerprint density at radius 3 is 2.68 bits per heavy atom. The highest BCUT2D eigenvalue weighted by atomic mass is 16.1. The summed E-state index contributed by atoms with van der Waals surface area (Å²) in [6.07, 6.45) is 8.15. The van der Waals surface area contributed by atoms with Crippen molar-refractivity contribution in [3.05, 3.63) is 35.5 Å². The molecule has 1 aromatic heterocycles. The van der Waals surface area contributed by atoms with Gasteiger partial charge >= 0.3 is 0 Å². The van der Waals surface area contributed by atoms with Crippen molar-refractivity contribution < 1.29 is 4.79 Å². The van der Waals surface area contributed by atoms with E-state index in [0.717, 1.165) is 17.4 Å². The van der Waals surface area contributed by atoms with Crippen LogP contribution in [0.15, 0.2) is 24.4 Å². The molecule has 0 spiro atoms. The van der Waals surface area contributed by atoms with E-state index in [0.29, 0.717) is 5.92 Å². The van der Waals surface area contributed by atoms with Crippen LogP contribution in [-0.2, 0) is 4.79 Å². The van der Waals surface area contributed by atoms with E-state index in [1.54, 1.807) is 0 Å². The van der Waals surface area contributed by atoms with Crippen molar-refractivity contribution in [2.45, 2.75) is 38.5 Å². The molecule has 3 rings (SSSR count). The van der Waals surface area contributed by atoms with Gasteiger partial charge in [-0.25, -0.2) is 0 Å². The van der Waals surface area contributed by atoms with Crippen molar-refractivity contribution in [2.75, 3.05) is 0 Å². The highest BCUT2D eigenvalue weighted by Crippen LogP contribution is 2.37. The largest absolute Gasteiger partial charge is 0.361 e. The Labute approximate surface area is 113 Å². The fraction of sp³-hybridized carbons (Fsp3) is 0.375. The number of benzene rings is 1. The van der Waals surface area contributed by atoms with E-state index in [9.17, 15) is 0 Å². The lowest BCUT2D eigenvalue weighted by atomic mass is 9.96. The first-order chi connectivity index (χ1) is 9.30. The first kappa shape index (κ1) is 13.4. The summed E-state index contributed by atoms with van der Waals surface area (Å²) in [6.45, 7) is 1.44. The van der Waals surface area contributed by atoms with Gasteiger partial charge in [0.05, 0.1) is 11.6 Å². The van der Waals surface area contributed by atoms with Crippen LogP contribution in [0.4, 0.5) is 0 Å². The lowest BCUT2D eigenvalue weighted by molar-refractivity contribution is -0.106. The minimum absolute atomic E-state index is 0.697. The van der Waals surface area contributed by atoms with Gasteiger partial charge in [-0.2, -0.15) is 5.26 Å². The molecule has 0 atom stereocenters. The van der Waals surface area contributed by atoms with Gasteiger partial charge in [-0.3, -0.25) is 0 Å². The monoisotopic (exact) mass is 254 g/mol. The van der Waals surface area contributed by atoms with Gasteiger partial charge in [-0.15, -0.1) is 0 Å². The Kier molecular flexibility index (Phi) is 4.35. The van der Waals surface area contributed by atoms with E-state index in [2.05, 4.69) is 17.3 Å². The summed E-state index contributed by atoms with van der Waals surface area (Å²) in [4.78, 5) is 12.1. The summed E-state index contributed by atoms with van der Waals surface area (Å²) >= 11 is 0. The van der Waals surface area contributed by atoms with Crippen molar-refractivity contribution in [2.24, 2.45) is 0 Å². The molecule has 0 radical (unpaired) electrons. The molecule has 1 saturated carbocycles. The topological polar surface area (TPSA) is 56.6 Å². The van der Waals surface area contributed by atoms with E-state index < -0.39 is 0 Å². The third kappa shape index (κ3) is 2.85. The van der Waals surface area contributed by atoms with Gasteiger partial charge in [0.25, 0.3) is 0 Å². The number of nitrogens with zero attached hydrogens (tertiary/aromatic N) is 1. The van der Waals surface area contributed by atoms with Gasteiger partial charge in [0.2, 0.25) is 0 Å². The maximum absolute atomic E-state index is 8.93. The molecule has 0 saturated heterocycles. The summed E-state index contributed by atoms with van der Waals surface area (Å²) in [5.74, 6) is 0.697. The third-order valence-corrected chi connectivity index (χ3v) is 3.64. The first-order valence-electron chi connectivity index (χ1n) is 6.71. The van der Waals surface area contributed by atoms with E-state index in [-0.39, 0.29) is 0 Å². The smallest absolute Gasteiger partial charge is 0.116 e. The SMILES string of the molecule is CC=O.N#Cc1ccc2[nH]cc(C3CCCC3)c2c1. The normalized spacial score (nSPS) is 14.7. The molecule has 2 aromatic rings. The minimum Gasteiger partial charge on any atom is -0.361 e. The van der Waals surface area contributed by atoms with Crippen LogP contribution in [0, 0.1) is 11.3 Å². The molecule has 1 N–H and O–H groups in total. The van der Waals surface area contributed by atoms with Crippen LogP contribution in [0.5, 0.6) is 0 Å². The second-order valence-electron chi connectivity index (χ2n) is 4.83. The van der Waals surface area contributed by atoms with Crippen LogP contribution >= 0.6 is 0 Å². The molecule has 3 heteroatoms. The molecule has 1 aromatic carbocycles. The lowest BCUT2D eigenvalue weighted by Gasteiger charge is -2.06. The number of fused-ring (bicyclic) bond motifs is 1.